The number of nitrogens with zero attached hydrogens (tertiary/aromatic N) is 3. The molecule has 11 rings (SSSR count). The largest absolute Gasteiger partial charge is 0.456 e. The number of hydrogen-bond donors (Lipinski definition) is 0. The predicted molar refractivity (Wildman–Crippen MR) is 216 cm³/mol. The average Bonchev–Trinajstić information content (AvgIpc) is 3.73. The van der Waals surface area contributed by atoms with E-state index < -0.39 is 0 Å². The van der Waals surface area contributed by atoms with Crippen LogP contribution in [0.4, 0.5) is 0 Å². The van der Waals surface area contributed by atoms with Crippen LogP contribution in [-0.2, 0) is 5.41 Å². The second-order valence-electron chi connectivity index (χ2n) is 14.1. The summed E-state index contributed by atoms with van der Waals surface area (Å²) >= 11 is 0. The Balaban J connectivity index is 1.13. The highest BCUT2D eigenvalue weighted by Gasteiger charge is 2.43. The van der Waals surface area contributed by atoms with Gasteiger partial charge < -0.3 is 4.42 Å². The molecule has 0 fully saturated rings. The van der Waals surface area contributed by atoms with Gasteiger partial charge in [-0.15, -0.1) is 0 Å². The maximum Gasteiger partial charge on any atom is 0.164 e. The van der Waals surface area contributed by atoms with E-state index in [1.165, 1.54) is 38.6 Å². The second-order valence-corrected chi connectivity index (χ2v) is 14.1. The van der Waals surface area contributed by atoms with Gasteiger partial charge in [-0.25, -0.2) is 15.0 Å². The zero-order valence-electron chi connectivity index (χ0n) is 28.9. The third kappa shape index (κ3) is 4.39. The topological polar surface area (TPSA) is 51.8 Å². The highest BCUT2D eigenvalue weighted by Crippen LogP contribution is 2.55. The lowest BCUT2D eigenvalue weighted by atomic mass is 9.74. The first-order chi connectivity index (χ1) is 26.1. The van der Waals surface area contributed by atoms with Crippen LogP contribution in [0.3, 0.4) is 0 Å². The van der Waals surface area contributed by atoms with Crippen LogP contribution in [0, 0.1) is 0 Å². The van der Waals surface area contributed by atoms with Gasteiger partial charge in [-0.05, 0) is 75.0 Å². The first-order valence-corrected chi connectivity index (χ1v) is 18.0. The number of rotatable bonds is 4. The summed E-state index contributed by atoms with van der Waals surface area (Å²) in [5, 5.41) is 6.79. The third-order valence-electron chi connectivity index (χ3n) is 11.2. The number of fused-ring (bicyclic) bond motifs is 10. The van der Waals surface area contributed by atoms with E-state index in [-0.39, 0.29) is 5.41 Å². The maximum atomic E-state index is 6.97. The Hall–Kier alpha value is -6.91. The van der Waals surface area contributed by atoms with E-state index in [9.17, 15) is 0 Å². The average molecular weight is 678 g/mol. The number of aromatic nitrogens is 3. The van der Waals surface area contributed by atoms with Crippen molar-refractivity contribution >= 4 is 43.5 Å². The lowest BCUT2D eigenvalue weighted by Crippen LogP contribution is -2.22. The zero-order valence-corrected chi connectivity index (χ0v) is 28.9. The summed E-state index contributed by atoms with van der Waals surface area (Å²) in [4.78, 5) is 15.4. The zero-order chi connectivity index (χ0) is 35.1. The molecule has 2 aromatic heterocycles. The quantitative estimate of drug-likeness (QED) is 0.174. The summed E-state index contributed by atoms with van der Waals surface area (Å²) in [7, 11) is 0. The van der Waals surface area contributed by atoms with Crippen LogP contribution in [-0.4, -0.2) is 15.0 Å². The molecular formula is C49H31N3O. The third-order valence-corrected chi connectivity index (χ3v) is 11.2. The van der Waals surface area contributed by atoms with Gasteiger partial charge >= 0.3 is 0 Å². The van der Waals surface area contributed by atoms with Gasteiger partial charge in [-0.3, -0.25) is 0 Å². The lowest BCUT2D eigenvalue weighted by Gasteiger charge is -2.28. The highest BCUT2D eigenvalue weighted by molar-refractivity contribution is 6.13. The SMILES string of the molecule is CC1(c2ccccc2)c2ccccc2-c2ccc3c(oc4cc(-c5nc(-c6ccccc6)nc(-c6cc7ccccc7c7ccccc67)n5)ccc43)c21. The van der Waals surface area contributed by atoms with E-state index in [0.29, 0.717) is 17.5 Å². The molecule has 53 heavy (non-hydrogen) atoms. The molecule has 2 heterocycles. The molecule has 1 aliphatic carbocycles. The van der Waals surface area contributed by atoms with E-state index in [0.717, 1.165) is 49.4 Å². The molecule has 4 nitrogen and oxygen atoms in total. The molecule has 248 valence electrons. The minimum atomic E-state index is -0.375. The van der Waals surface area contributed by atoms with Crippen molar-refractivity contribution in [2.75, 3.05) is 0 Å². The summed E-state index contributed by atoms with van der Waals surface area (Å²) < 4.78 is 6.97. The Labute approximate surface area is 306 Å². The van der Waals surface area contributed by atoms with Gasteiger partial charge in [0.25, 0.3) is 0 Å². The molecule has 0 amide bonds. The molecule has 0 spiro atoms. The number of hydrogen-bond acceptors (Lipinski definition) is 4. The van der Waals surface area contributed by atoms with Gasteiger partial charge in [0.2, 0.25) is 0 Å². The molecule has 1 atom stereocenters. The first kappa shape index (κ1) is 29.8. The van der Waals surface area contributed by atoms with Crippen molar-refractivity contribution in [3.8, 4) is 45.3 Å². The van der Waals surface area contributed by atoms with E-state index in [4.69, 9.17) is 19.4 Å². The maximum absolute atomic E-state index is 6.97. The van der Waals surface area contributed by atoms with Crippen molar-refractivity contribution in [1.82, 2.24) is 15.0 Å². The summed E-state index contributed by atoms with van der Waals surface area (Å²) in [5.74, 6) is 1.86. The van der Waals surface area contributed by atoms with E-state index in [1.807, 2.05) is 30.3 Å². The second kappa shape index (κ2) is 11.3. The fourth-order valence-electron chi connectivity index (χ4n) is 8.64. The highest BCUT2D eigenvalue weighted by atomic mass is 16.3. The molecular weight excluding hydrogens is 647 g/mol. The smallest absolute Gasteiger partial charge is 0.164 e. The van der Waals surface area contributed by atoms with Crippen molar-refractivity contribution < 1.29 is 4.42 Å². The first-order valence-electron chi connectivity index (χ1n) is 18.0. The number of furan rings is 1. The Morgan fingerprint density at radius 3 is 1.91 bits per heavy atom. The molecule has 0 N–H and O–H groups in total. The molecule has 1 aliphatic rings. The van der Waals surface area contributed by atoms with Gasteiger partial charge in [0.15, 0.2) is 17.5 Å². The minimum absolute atomic E-state index is 0.375. The summed E-state index contributed by atoms with van der Waals surface area (Å²) in [6.45, 7) is 2.33. The summed E-state index contributed by atoms with van der Waals surface area (Å²) in [6, 6.07) is 59.7. The number of benzene rings is 8. The molecule has 1 unspecified atom stereocenters. The predicted octanol–water partition coefficient (Wildman–Crippen LogP) is 12.4. The molecule has 0 saturated carbocycles. The Morgan fingerprint density at radius 2 is 1.08 bits per heavy atom. The van der Waals surface area contributed by atoms with Crippen LogP contribution < -0.4 is 0 Å². The van der Waals surface area contributed by atoms with Crippen LogP contribution in [0.5, 0.6) is 0 Å². The van der Waals surface area contributed by atoms with Crippen LogP contribution >= 0.6 is 0 Å². The molecule has 0 radical (unpaired) electrons. The van der Waals surface area contributed by atoms with Crippen molar-refractivity contribution in [1.29, 1.82) is 0 Å². The fourth-order valence-corrected chi connectivity index (χ4v) is 8.64. The van der Waals surface area contributed by atoms with Crippen molar-refractivity contribution in [2.45, 2.75) is 12.3 Å². The van der Waals surface area contributed by atoms with Crippen LogP contribution in [0.25, 0.3) is 88.8 Å². The monoisotopic (exact) mass is 677 g/mol. The van der Waals surface area contributed by atoms with Crippen LogP contribution in [0.2, 0.25) is 0 Å². The summed E-state index contributed by atoms with van der Waals surface area (Å²) in [6.07, 6.45) is 0. The normalized spacial score (nSPS) is 15.0. The van der Waals surface area contributed by atoms with Crippen molar-refractivity contribution in [3.63, 3.8) is 0 Å². The van der Waals surface area contributed by atoms with Gasteiger partial charge in [-0.1, -0.05) is 146 Å². The molecule has 8 aromatic carbocycles. The minimum Gasteiger partial charge on any atom is -0.456 e. The van der Waals surface area contributed by atoms with Gasteiger partial charge in [0, 0.05) is 38.4 Å². The fraction of sp³-hybridized carbons (Fsp3) is 0.0408. The van der Waals surface area contributed by atoms with Crippen molar-refractivity contribution in [2.24, 2.45) is 0 Å². The standard InChI is InChI=1S/C49H31N3O/c1-49(33-17-6-3-7-18-33)42-23-13-12-22-37(42)39-26-27-40-38-25-24-32(29-43(38)53-45(40)44(39)49)47-50-46(30-14-4-2-5-15-30)51-48(52-47)41-28-31-16-8-9-19-34(31)35-20-10-11-21-36(35)41/h2-29H,1H3. The Bertz CT molecular complexity index is 3080. The Morgan fingerprint density at radius 1 is 0.434 bits per heavy atom. The van der Waals surface area contributed by atoms with Crippen LogP contribution in [0.1, 0.15) is 23.6 Å². The molecule has 10 aromatic rings. The van der Waals surface area contributed by atoms with Gasteiger partial charge in [0.05, 0.1) is 0 Å². The van der Waals surface area contributed by atoms with E-state index >= 15 is 0 Å². The van der Waals surface area contributed by atoms with Gasteiger partial charge in [0.1, 0.15) is 11.2 Å². The Kier molecular flexibility index (Phi) is 6.35. The van der Waals surface area contributed by atoms with Gasteiger partial charge in [-0.2, -0.15) is 0 Å². The van der Waals surface area contributed by atoms with Crippen LogP contribution in [0.15, 0.2) is 174 Å². The summed E-state index contributed by atoms with van der Waals surface area (Å²) in [5.41, 5.74) is 10.3. The molecule has 0 bridgehead atoms. The van der Waals surface area contributed by atoms with Crippen molar-refractivity contribution in [3.05, 3.63) is 187 Å². The molecule has 4 heteroatoms. The molecule has 0 aliphatic heterocycles. The van der Waals surface area contributed by atoms with E-state index in [2.05, 4.69) is 146 Å². The van der Waals surface area contributed by atoms with E-state index in [1.54, 1.807) is 0 Å². The lowest BCUT2D eigenvalue weighted by molar-refractivity contribution is 0.640. The molecule has 0 saturated heterocycles.